The van der Waals surface area contributed by atoms with Crippen LogP contribution in [0.3, 0.4) is 0 Å². The van der Waals surface area contributed by atoms with Gasteiger partial charge in [0.25, 0.3) is 5.56 Å². The van der Waals surface area contributed by atoms with E-state index in [-0.39, 0.29) is 6.42 Å². The molecule has 28 heavy (non-hydrogen) atoms. The van der Waals surface area contributed by atoms with Gasteiger partial charge in [-0.15, -0.1) is 0 Å². The van der Waals surface area contributed by atoms with E-state index in [1.54, 1.807) is 0 Å². The zero-order valence-electron chi connectivity index (χ0n) is 14.5. The van der Waals surface area contributed by atoms with Crippen LogP contribution in [0.5, 0.6) is 0 Å². The number of ether oxygens (including phenoxy) is 1. The molecule has 5 atom stereocenters. The second kappa shape index (κ2) is 7.93. The summed E-state index contributed by atoms with van der Waals surface area (Å²) in [6.07, 6.45) is 0.840. The molecule has 0 radical (unpaired) electrons. The maximum atomic E-state index is 12.1. The lowest BCUT2D eigenvalue weighted by Gasteiger charge is -2.24. The van der Waals surface area contributed by atoms with Crippen LogP contribution in [0.1, 0.15) is 11.9 Å². The monoisotopic (exact) mass is 396 g/mol. The first-order valence-electron chi connectivity index (χ1n) is 8.34. The van der Waals surface area contributed by atoms with Crippen LogP contribution in [0.15, 0.2) is 34.4 Å². The summed E-state index contributed by atoms with van der Waals surface area (Å²) in [4.78, 5) is 40.3. The van der Waals surface area contributed by atoms with Crippen LogP contribution in [-0.2, 0) is 16.0 Å². The lowest BCUT2D eigenvalue weighted by atomic mass is 10.1. The van der Waals surface area contributed by atoms with Gasteiger partial charge in [0.05, 0.1) is 12.3 Å². The van der Waals surface area contributed by atoms with Crippen molar-refractivity contribution in [3.8, 4) is 0 Å². The summed E-state index contributed by atoms with van der Waals surface area (Å²) in [5, 5.41) is 28.7. The van der Waals surface area contributed by atoms with Crippen molar-refractivity contribution in [2.24, 2.45) is 5.73 Å². The number of aliphatic hydroxyl groups excluding tert-OH is 2. The van der Waals surface area contributed by atoms with Crippen LogP contribution in [-0.4, -0.2) is 71.4 Å². The number of aromatic nitrogens is 4. The van der Waals surface area contributed by atoms with E-state index in [0.717, 1.165) is 10.6 Å². The number of carboxylic acid groups (broad SMARTS) is 1. The zero-order valence-corrected chi connectivity index (χ0v) is 14.5. The molecule has 0 spiro atoms. The normalized spacial score (nSPS) is 25.5. The summed E-state index contributed by atoms with van der Waals surface area (Å²) < 4.78 is 8.01. The third-order valence-corrected chi connectivity index (χ3v) is 4.36. The topological polar surface area (TPSA) is 198 Å². The molecule has 1 aliphatic heterocycles. The van der Waals surface area contributed by atoms with Crippen LogP contribution in [0, 0.1) is 0 Å². The number of hydrogen-bond donors (Lipinski definition) is 6. The standard InChI is InChI=1S/C15H20N6O7/c16-8(14(25)26)3-7-4-20(6-17-7)19-11-12(24)9(5-22)28-13(11)21-2-1-10(23)18-15(21)27/h1-2,4,6,8-9,11-13,19,22,24H,3,5,16H2,(H,25,26)(H,18,23,27)/t8-,9-,11?,12?,13-/m0/s1. The molecule has 1 aliphatic rings. The molecule has 2 aromatic rings. The van der Waals surface area contributed by atoms with E-state index < -0.39 is 54.3 Å². The SMILES string of the molecule is N[C@@H](Cc1cn(NC2C(O)[C@H](CO)O[C@@H]2n2ccc(=O)[nH]c2=O)cn1)C(=O)O. The smallest absolute Gasteiger partial charge is 0.330 e. The number of nitrogens with one attached hydrogen (secondary N) is 2. The highest BCUT2D eigenvalue weighted by Gasteiger charge is 2.45. The van der Waals surface area contributed by atoms with Gasteiger partial charge >= 0.3 is 11.7 Å². The van der Waals surface area contributed by atoms with Crippen LogP contribution in [0.2, 0.25) is 0 Å². The number of carboxylic acids is 1. The molecule has 3 rings (SSSR count). The molecule has 0 saturated carbocycles. The largest absolute Gasteiger partial charge is 0.480 e. The Labute approximate surface area is 157 Å². The Morgan fingerprint density at radius 1 is 1.46 bits per heavy atom. The molecular formula is C15H20N6O7. The molecule has 0 aromatic carbocycles. The van der Waals surface area contributed by atoms with E-state index in [1.807, 2.05) is 0 Å². The van der Waals surface area contributed by atoms with Crippen molar-refractivity contribution >= 4 is 5.97 Å². The van der Waals surface area contributed by atoms with Crippen LogP contribution in [0.4, 0.5) is 0 Å². The van der Waals surface area contributed by atoms with Gasteiger partial charge in [-0.25, -0.2) is 9.78 Å². The fourth-order valence-corrected chi connectivity index (χ4v) is 2.93. The van der Waals surface area contributed by atoms with E-state index in [0.29, 0.717) is 5.69 Å². The lowest BCUT2D eigenvalue weighted by molar-refractivity contribution is -0.138. The summed E-state index contributed by atoms with van der Waals surface area (Å²) in [6, 6.07) is -0.880. The Kier molecular flexibility index (Phi) is 5.60. The predicted octanol–water partition coefficient (Wildman–Crippen LogP) is -3.45. The highest BCUT2D eigenvalue weighted by molar-refractivity contribution is 5.73. The molecule has 152 valence electrons. The maximum absolute atomic E-state index is 12.1. The third kappa shape index (κ3) is 3.96. The quantitative estimate of drug-likeness (QED) is 0.274. The molecule has 0 bridgehead atoms. The van der Waals surface area contributed by atoms with Crippen molar-refractivity contribution in [2.45, 2.75) is 36.9 Å². The molecule has 3 heterocycles. The molecule has 0 amide bonds. The minimum Gasteiger partial charge on any atom is -0.480 e. The van der Waals surface area contributed by atoms with Gasteiger partial charge in [-0.2, -0.15) is 0 Å². The minimum absolute atomic E-state index is 0.00416. The molecule has 7 N–H and O–H groups in total. The summed E-state index contributed by atoms with van der Waals surface area (Å²) in [7, 11) is 0. The maximum Gasteiger partial charge on any atom is 0.330 e. The van der Waals surface area contributed by atoms with Gasteiger partial charge in [-0.1, -0.05) is 0 Å². The average molecular weight is 396 g/mol. The highest BCUT2D eigenvalue weighted by Crippen LogP contribution is 2.28. The number of aromatic amines is 1. The van der Waals surface area contributed by atoms with Gasteiger partial charge < -0.3 is 31.2 Å². The third-order valence-electron chi connectivity index (χ3n) is 4.36. The fraction of sp³-hybridized carbons (Fsp3) is 0.467. The van der Waals surface area contributed by atoms with Crippen molar-refractivity contribution in [3.05, 3.63) is 51.3 Å². The van der Waals surface area contributed by atoms with Crippen molar-refractivity contribution in [2.75, 3.05) is 12.0 Å². The van der Waals surface area contributed by atoms with Crippen LogP contribution < -0.4 is 22.4 Å². The van der Waals surface area contributed by atoms with E-state index >= 15 is 0 Å². The zero-order chi connectivity index (χ0) is 20.4. The van der Waals surface area contributed by atoms with Crippen molar-refractivity contribution in [1.82, 2.24) is 19.2 Å². The van der Waals surface area contributed by atoms with Gasteiger partial charge in [-0.3, -0.25) is 23.8 Å². The van der Waals surface area contributed by atoms with E-state index in [2.05, 4.69) is 15.4 Å². The first-order valence-corrected chi connectivity index (χ1v) is 8.34. The summed E-state index contributed by atoms with van der Waals surface area (Å²) in [6.45, 7) is -0.489. The van der Waals surface area contributed by atoms with Crippen molar-refractivity contribution in [3.63, 3.8) is 0 Å². The number of nitrogens with zero attached hydrogens (tertiary/aromatic N) is 3. The summed E-state index contributed by atoms with van der Waals surface area (Å²) in [5.74, 6) is -1.16. The Bertz CT molecular complexity index is 953. The van der Waals surface area contributed by atoms with Crippen LogP contribution >= 0.6 is 0 Å². The van der Waals surface area contributed by atoms with Crippen molar-refractivity contribution in [1.29, 1.82) is 0 Å². The fourth-order valence-electron chi connectivity index (χ4n) is 2.93. The second-order valence-electron chi connectivity index (χ2n) is 6.33. The van der Waals surface area contributed by atoms with Gasteiger partial charge in [0.1, 0.15) is 30.6 Å². The van der Waals surface area contributed by atoms with Crippen LogP contribution in [0.25, 0.3) is 0 Å². The van der Waals surface area contributed by atoms with Gasteiger partial charge in [0, 0.05) is 24.9 Å². The number of rotatable bonds is 7. The Balaban J connectivity index is 1.83. The Hall–Kier alpha value is -3.00. The van der Waals surface area contributed by atoms with E-state index in [9.17, 15) is 24.6 Å². The predicted molar refractivity (Wildman–Crippen MR) is 93.0 cm³/mol. The minimum atomic E-state index is -1.19. The average Bonchev–Trinajstić information content (AvgIpc) is 3.20. The molecule has 0 aliphatic carbocycles. The van der Waals surface area contributed by atoms with E-state index in [1.165, 1.54) is 23.4 Å². The number of hydrogen-bond acceptors (Lipinski definition) is 9. The first-order chi connectivity index (χ1) is 13.3. The molecule has 1 fully saturated rings. The van der Waals surface area contributed by atoms with Gasteiger partial charge in [0.15, 0.2) is 6.23 Å². The number of aliphatic hydroxyl groups is 2. The Morgan fingerprint density at radius 3 is 2.86 bits per heavy atom. The number of nitrogens with two attached hydrogens (primary N) is 1. The summed E-state index contributed by atoms with van der Waals surface area (Å²) in [5.41, 5.74) is 7.45. The highest BCUT2D eigenvalue weighted by atomic mass is 16.5. The Morgan fingerprint density at radius 2 is 2.21 bits per heavy atom. The molecule has 1 saturated heterocycles. The summed E-state index contributed by atoms with van der Waals surface area (Å²) >= 11 is 0. The molecule has 13 heteroatoms. The number of H-pyrrole nitrogens is 1. The number of carbonyl (C=O) groups is 1. The second-order valence-corrected chi connectivity index (χ2v) is 6.33. The number of imidazole rings is 1. The number of aliphatic carboxylic acids is 1. The molecule has 13 nitrogen and oxygen atoms in total. The van der Waals surface area contributed by atoms with Crippen molar-refractivity contribution < 1.29 is 24.9 Å². The van der Waals surface area contributed by atoms with Gasteiger partial charge in [0.2, 0.25) is 0 Å². The van der Waals surface area contributed by atoms with Gasteiger partial charge in [-0.05, 0) is 0 Å². The molecule has 2 aromatic heterocycles. The lowest BCUT2D eigenvalue weighted by Crippen LogP contribution is -2.44. The molecule has 2 unspecified atom stereocenters. The first kappa shape index (κ1) is 19.8. The van der Waals surface area contributed by atoms with E-state index in [4.69, 9.17) is 15.6 Å². The molecular weight excluding hydrogens is 376 g/mol.